The van der Waals surface area contributed by atoms with Gasteiger partial charge in [0, 0.05) is 6.07 Å². The van der Waals surface area contributed by atoms with Crippen molar-refractivity contribution in [2.45, 2.75) is 6.92 Å². The molecular weight excluding hydrogens is 315 g/mol. The second-order valence-electron chi connectivity index (χ2n) is 4.25. The van der Waals surface area contributed by atoms with Crippen molar-refractivity contribution >= 4 is 35.1 Å². The summed E-state index contributed by atoms with van der Waals surface area (Å²) in [4.78, 5) is 23.6. The SMILES string of the molecule is Cc1cc(O)c(C(=O)/C=C/c2cccc(Cl)c2Cl)c(=O)o1. The fourth-order valence-electron chi connectivity index (χ4n) is 1.72. The van der Waals surface area contributed by atoms with E-state index < -0.39 is 22.7 Å². The number of hydrogen-bond donors (Lipinski definition) is 1. The van der Waals surface area contributed by atoms with Gasteiger partial charge in [-0.15, -0.1) is 0 Å². The molecule has 0 amide bonds. The van der Waals surface area contributed by atoms with E-state index in [1.165, 1.54) is 19.1 Å². The lowest BCUT2D eigenvalue weighted by molar-refractivity contribution is 0.104. The van der Waals surface area contributed by atoms with Crippen LogP contribution in [0.15, 0.2) is 39.6 Å². The van der Waals surface area contributed by atoms with Gasteiger partial charge in [-0.25, -0.2) is 4.79 Å². The van der Waals surface area contributed by atoms with Gasteiger partial charge in [0.1, 0.15) is 17.1 Å². The van der Waals surface area contributed by atoms with Gasteiger partial charge in [0.25, 0.3) is 0 Å². The number of aryl methyl sites for hydroxylation is 1. The van der Waals surface area contributed by atoms with Gasteiger partial charge < -0.3 is 9.52 Å². The molecule has 0 aliphatic rings. The number of aromatic hydroxyl groups is 1. The van der Waals surface area contributed by atoms with E-state index in [-0.39, 0.29) is 5.76 Å². The molecule has 1 aromatic heterocycles. The third-order valence-electron chi connectivity index (χ3n) is 2.70. The van der Waals surface area contributed by atoms with Crippen molar-refractivity contribution in [1.82, 2.24) is 0 Å². The molecule has 2 rings (SSSR count). The summed E-state index contributed by atoms with van der Waals surface area (Å²) in [6.07, 6.45) is 2.54. The average Bonchev–Trinajstić information content (AvgIpc) is 2.39. The van der Waals surface area contributed by atoms with Crippen molar-refractivity contribution in [1.29, 1.82) is 0 Å². The summed E-state index contributed by atoms with van der Waals surface area (Å²) < 4.78 is 4.79. The van der Waals surface area contributed by atoms with Crippen molar-refractivity contribution in [3.8, 4) is 5.75 Å². The van der Waals surface area contributed by atoms with E-state index in [0.29, 0.717) is 15.6 Å². The smallest absolute Gasteiger partial charge is 0.351 e. The van der Waals surface area contributed by atoms with Gasteiger partial charge in [0.2, 0.25) is 0 Å². The summed E-state index contributed by atoms with van der Waals surface area (Å²) in [7, 11) is 0. The van der Waals surface area contributed by atoms with Crippen LogP contribution < -0.4 is 5.63 Å². The van der Waals surface area contributed by atoms with Gasteiger partial charge in [0.05, 0.1) is 10.0 Å². The van der Waals surface area contributed by atoms with Gasteiger partial charge in [-0.05, 0) is 30.7 Å². The lowest BCUT2D eigenvalue weighted by Gasteiger charge is -2.01. The Kier molecular flexibility index (Phi) is 4.50. The fraction of sp³-hybridized carbons (Fsp3) is 0.0667. The summed E-state index contributed by atoms with van der Waals surface area (Å²) in [6, 6.07) is 6.16. The van der Waals surface area contributed by atoms with Gasteiger partial charge in [-0.2, -0.15) is 0 Å². The molecule has 0 spiro atoms. The number of carbonyl (C=O) groups is 1. The number of benzene rings is 1. The molecule has 2 aromatic rings. The fourth-order valence-corrected chi connectivity index (χ4v) is 2.09. The number of hydrogen-bond acceptors (Lipinski definition) is 4. The third kappa shape index (κ3) is 3.35. The molecule has 108 valence electrons. The van der Waals surface area contributed by atoms with Crippen LogP contribution in [0.3, 0.4) is 0 Å². The maximum absolute atomic E-state index is 12.0. The predicted molar refractivity (Wildman–Crippen MR) is 81.2 cm³/mol. The number of allylic oxidation sites excluding steroid dienone is 1. The Morgan fingerprint density at radius 2 is 2.05 bits per heavy atom. The van der Waals surface area contributed by atoms with Gasteiger partial charge in [-0.3, -0.25) is 4.79 Å². The number of halogens is 2. The van der Waals surface area contributed by atoms with Crippen molar-refractivity contribution in [3.63, 3.8) is 0 Å². The minimum atomic E-state index is -0.889. The molecule has 0 bridgehead atoms. The van der Waals surface area contributed by atoms with Crippen LogP contribution in [0.4, 0.5) is 0 Å². The summed E-state index contributed by atoms with van der Waals surface area (Å²) in [5, 5.41) is 10.3. The monoisotopic (exact) mass is 324 g/mol. The minimum absolute atomic E-state index is 0.218. The zero-order chi connectivity index (χ0) is 15.6. The highest BCUT2D eigenvalue weighted by Crippen LogP contribution is 2.26. The van der Waals surface area contributed by atoms with Gasteiger partial charge >= 0.3 is 5.63 Å². The molecule has 1 N–H and O–H groups in total. The summed E-state index contributed by atoms with van der Waals surface area (Å²) in [6.45, 7) is 1.50. The standard InChI is InChI=1S/C15H10Cl2O4/c1-8-7-12(19)13(15(20)21-8)11(18)6-5-9-3-2-4-10(16)14(9)17/h2-7,19H,1H3/b6-5+. The minimum Gasteiger partial charge on any atom is -0.507 e. The zero-order valence-corrected chi connectivity index (χ0v) is 12.4. The Morgan fingerprint density at radius 3 is 2.71 bits per heavy atom. The van der Waals surface area contributed by atoms with E-state index in [0.717, 1.165) is 6.08 Å². The maximum Gasteiger partial charge on any atom is 0.351 e. The van der Waals surface area contributed by atoms with Crippen LogP contribution in [0.2, 0.25) is 10.0 Å². The highest BCUT2D eigenvalue weighted by Gasteiger charge is 2.16. The molecule has 0 atom stereocenters. The van der Waals surface area contributed by atoms with Crippen molar-refractivity contribution in [2.24, 2.45) is 0 Å². The molecule has 0 aliphatic carbocycles. The normalized spacial score (nSPS) is 11.0. The van der Waals surface area contributed by atoms with Crippen LogP contribution in [0.5, 0.6) is 5.75 Å². The number of ketones is 1. The lowest BCUT2D eigenvalue weighted by Crippen LogP contribution is -2.12. The van der Waals surface area contributed by atoms with Crippen LogP contribution in [0.25, 0.3) is 6.08 Å². The molecule has 1 aromatic carbocycles. The van der Waals surface area contributed by atoms with Crippen molar-refractivity contribution in [2.75, 3.05) is 0 Å². The summed E-state index contributed by atoms with van der Waals surface area (Å²) >= 11 is 11.8. The van der Waals surface area contributed by atoms with Crippen molar-refractivity contribution < 1.29 is 14.3 Å². The first-order chi connectivity index (χ1) is 9.90. The van der Waals surface area contributed by atoms with E-state index in [1.54, 1.807) is 18.2 Å². The zero-order valence-electron chi connectivity index (χ0n) is 10.9. The van der Waals surface area contributed by atoms with E-state index in [2.05, 4.69) is 0 Å². The Morgan fingerprint density at radius 1 is 1.33 bits per heavy atom. The Bertz CT molecular complexity index is 791. The molecule has 0 fully saturated rings. The van der Waals surface area contributed by atoms with Crippen LogP contribution in [-0.2, 0) is 0 Å². The number of rotatable bonds is 3. The molecule has 0 saturated heterocycles. The van der Waals surface area contributed by atoms with E-state index >= 15 is 0 Å². The molecular formula is C15H10Cl2O4. The molecule has 6 heteroatoms. The molecule has 0 aliphatic heterocycles. The van der Waals surface area contributed by atoms with Gasteiger partial charge in [0.15, 0.2) is 5.78 Å². The van der Waals surface area contributed by atoms with Crippen LogP contribution >= 0.6 is 23.2 Å². The summed E-state index contributed by atoms with van der Waals surface area (Å²) in [5.41, 5.74) is -0.789. The second kappa shape index (κ2) is 6.16. The second-order valence-corrected chi connectivity index (χ2v) is 5.03. The average molecular weight is 325 g/mol. The third-order valence-corrected chi connectivity index (χ3v) is 3.53. The van der Waals surface area contributed by atoms with E-state index in [9.17, 15) is 14.7 Å². The lowest BCUT2D eigenvalue weighted by atomic mass is 10.1. The topological polar surface area (TPSA) is 67.5 Å². The first-order valence-corrected chi connectivity index (χ1v) is 6.66. The summed E-state index contributed by atoms with van der Waals surface area (Å²) in [5.74, 6) is -0.885. The van der Waals surface area contributed by atoms with E-state index in [1.807, 2.05) is 0 Å². The molecule has 21 heavy (non-hydrogen) atoms. The Hall–Kier alpha value is -2.04. The molecule has 4 nitrogen and oxygen atoms in total. The van der Waals surface area contributed by atoms with Crippen LogP contribution in [0.1, 0.15) is 21.7 Å². The number of carbonyl (C=O) groups excluding carboxylic acids is 1. The first-order valence-electron chi connectivity index (χ1n) is 5.90. The first kappa shape index (κ1) is 15.4. The predicted octanol–water partition coefficient (Wildman–Crippen LogP) is 3.86. The van der Waals surface area contributed by atoms with Crippen LogP contribution in [0, 0.1) is 6.92 Å². The highest BCUT2D eigenvalue weighted by molar-refractivity contribution is 6.42. The largest absolute Gasteiger partial charge is 0.507 e. The highest BCUT2D eigenvalue weighted by atomic mass is 35.5. The maximum atomic E-state index is 12.0. The van der Waals surface area contributed by atoms with Gasteiger partial charge in [-0.1, -0.05) is 35.3 Å². The van der Waals surface area contributed by atoms with Crippen molar-refractivity contribution in [3.05, 3.63) is 67.7 Å². The molecule has 0 unspecified atom stereocenters. The molecule has 1 heterocycles. The molecule has 0 radical (unpaired) electrons. The molecule has 0 saturated carbocycles. The quantitative estimate of drug-likeness (QED) is 0.687. The van der Waals surface area contributed by atoms with Crippen LogP contribution in [-0.4, -0.2) is 10.9 Å². The Balaban J connectivity index is 2.37. The van der Waals surface area contributed by atoms with E-state index in [4.69, 9.17) is 27.6 Å². The Labute approximate surface area is 130 Å².